The number of benzene rings is 2. The highest BCUT2D eigenvalue weighted by atomic mass is 32.1. The SMILES string of the molecule is COc1ccc(-c2nsc(NC(=O)c3ccc(C)cc3)n2)cc1OC. The monoisotopic (exact) mass is 355 g/mol. The highest BCUT2D eigenvalue weighted by Gasteiger charge is 2.13. The predicted octanol–water partition coefficient (Wildman–Crippen LogP) is 3.78. The number of anilines is 1. The van der Waals surface area contributed by atoms with Crippen molar-refractivity contribution in [1.82, 2.24) is 9.36 Å². The minimum absolute atomic E-state index is 0.213. The van der Waals surface area contributed by atoms with Crippen LogP contribution in [0.25, 0.3) is 11.4 Å². The smallest absolute Gasteiger partial charge is 0.257 e. The number of aromatic nitrogens is 2. The second-order valence-electron chi connectivity index (χ2n) is 5.31. The number of carbonyl (C=O) groups excluding carboxylic acids is 1. The summed E-state index contributed by atoms with van der Waals surface area (Å²) in [6.45, 7) is 1.97. The first-order valence-electron chi connectivity index (χ1n) is 7.55. The van der Waals surface area contributed by atoms with Gasteiger partial charge < -0.3 is 9.47 Å². The summed E-state index contributed by atoms with van der Waals surface area (Å²) in [5, 5.41) is 3.21. The molecule has 128 valence electrons. The molecule has 0 aliphatic heterocycles. The van der Waals surface area contributed by atoms with E-state index in [-0.39, 0.29) is 5.91 Å². The average Bonchev–Trinajstić information content (AvgIpc) is 3.10. The van der Waals surface area contributed by atoms with Crippen LogP contribution in [0.1, 0.15) is 15.9 Å². The topological polar surface area (TPSA) is 73.3 Å². The lowest BCUT2D eigenvalue weighted by Gasteiger charge is -2.07. The average molecular weight is 355 g/mol. The maximum Gasteiger partial charge on any atom is 0.257 e. The maximum absolute atomic E-state index is 12.2. The fraction of sp³-hybridized carbons (Fsp3) is 0.167. The van der Waals surface area contributed by atoms with Crippen LogP contribution < -0.4 is 14.8 Å². The molecule has 3 rings (SSSR count). The van der Waals surface area contributed by atoms with E-state index in [9.17, 15) is 4.79 Å². The summed E-state index contributed by atoms with van der Waals surface area (Å²) in [6.07, 6.45) is 0. The molecule has 0 spiro atoms. The van der Waals surface area contributed by atoms with Gasteiger partial charge in [-0.3, -0.25) is 10.1 Å². The predicted molar refractivity (Wildman–Crippen MR) is 97.6 cm³/mol. The van der Waals surface area contributed by atoms with Gasteiger partial charge in [0, 0.05) is 22.7 Å². The standard InChI is InChI=1S/C18H17N3O3S/c1-11-4-6-12(7-5-11)17(22)20-18-19-16(21-25-18)13-8-9-14(23-2)15(10-13)24-3/h4-10H,1-3H3,(H,19,20,21,22). The first-order valence-corrected chi connectivity index (χ1v) is 8.32. The number of nitrogens with one attached hydrogen (secondary N) is 1. The Labute approximate surface area is 149 Å². The Hall–Kier alpha value is -2.93. The molecule has 1 aromatic heterocycles. The fourth-order valence-corrected chi connectivity index (χ4v) is 2.83. The molecule has 0 bridgehead atoms. The highest BCUT2D eigenvalue weighted by Crippen LogP contribution is 2.32. The summed E-state index contributed by atoms with van der Waals surface area (Å²) in [5.41, 5.74) is 2.46. The zero-order chi connectivity index (χ0) is 17.8. The molecule has 2 aromatic carbocycles. The number of methoxy groups -OCH3 is 2. The van der Waals surface area contributed by atoms with Gasteiger partial charge in [-0.1, -0.05) is 17.7 Å². The number of rotatable bonds is 5. The van der Waals surface area contributed by atoms with Crippen molar-refractivity contribution in [1.29, 1.82) is 0 Å². The molecule has 3 aromatic rings. The van der Waals surface area contributed by atoms with E-state index in [1.54, 1.807) is 38.5 Å². The number of ether oxygens (including phenoxy) is 2. The van der Waals surface area contributed by atoms with Gasteiger partial charge >= 0.3 is 0 Å². The third-order valence-electron chi connectivity index (χ3n) is 3.60. The zero-order valence-electron chi connectivity index (χ0n) is 14.1. The van der Waals surface area contributed by atoms with Crippen LogP contribution in [0.2, 0.25) is 0 Å². The van der Waals surface area contributed by atoms with E-state index in [0.717, 1.165) is 22.7 Å². The van der Waals surface area contributed by atoms with Crippen molar-refractivity contribution in [3.8, 4) is 22.9 Å². The Kier molecular flexibility index (Phi) is 4.95. The summed E-state index contributed by atoms with van der Waals surface area (Å²) in [5.74, 6) is 1.54. The highest BCUT2D eigenvalue weighted by molar-refractivity contribution is 7.10. The number of nitrogens with zero attached hydrogens (tertiary/aromatic N) is 2. The number of amides is 1. The molecular weight excluding hydrogens is 338 g/mol. The van der Waals surface area contributed by atoms with E-state index >= 15 is 0 Å². The summed E-state index contributed by atoms with van der Waals surface area (Å²) in [6, 6.07) is 12.8. The largest absolute Gasteiger partial charge is 0.493 e. The molecule has 0 atom stereocenters. The molecule has 0 aliphatic carbocycles. The first-order chi connectivity index (χ1) is 12.1. The number of hydrogen-bond acceptors (Lipinski definition) is 6. The van der Waals surface area contributed by atoms with Gasteiger partial charge in [0.05, 0.1) is 14.2 Å². The number of carbonyl (C=O) groups is 1. The maximum atomic E-state index is 12.2. The molecule has 7 heteroatoms. The van der Waals surface area contributed by atoms with Gasteiger partial charge in [-0.05, 0) is 37.3 Å². The van der Waals surface area contributed by atoms with Crippen molar-refractivity contribution in [2.75, 3.05) is 19.5 Å². The first kappa shape index (κ1) is 16.9. The normalized spacial score (nSPS) is 10.4. The summed E-state index contributed by atoms with van der Waals surface area (Å²) in [4.78, 5) is 16.6. The van der Waals surface area contributed by atoms with Crippen LogP contribution in [0, 0.1) is 6.92 Å². The van der Waals surface area contributed by atoms with Gasteiger partial charge in [-0.25, -0.2) is 0 Å². The van der Waals surface area contributed by atoms with E-state index in [1.807, 2.05) is 25.1 Å². The molecule has 0 unspecified atom stereocenters. The molecular formula is C18H17N3O3S. The van der Waals surface area contributed by atoms with Crippen molar-refractivity contribution in [3.63, 3.8) is 0 Å². The van der Waals surface area contributed by atoms with Crippen LogP contribution in [0.5, 0.6) is 11.5 Å². The zero-order valence-corrected chi connectivity index (χ0v) is 14.9. The van der Waals surface area contributed by atoms with Crippen LogP contribution in [-0.4, -0.2) is 29.5 Å². The Balaban J connectivity index is 1.78. The Morgan fingerprint density at radius 3 is 2.44 bits per heavy atom. The van der Waals surface area contributed by atoms with Crippen LogP contribution >= 0.6 is 11.5 Å². The summed E-state index contributed by atoms with van der Waals surface area (Å²) < 4.78 is 14.8. The van der Waals surface area contributed by atoms with Crippen LogP contribution in [0.3, 0.4) is 0 Å². The molecule has 0 radical (unpaired) electrons. The van der Waals surface area contributed by atoms with Crippen molar-refractivity contribution < 1.29 is 14.3 Å². The van der Waals surface area contributed by atoms with Gasteiger partial charge in [0.2, 0.25) is 5.13 Å². The molecule has 25 heavy (non-hydrogen) atoms. The van der Waals surface area contributed by atoms with Crippen molar-refractivity contribution in [2.24, 2.45) is 0 Å². The quantitative estimate of drug-likeness (QED) is 0.754. The minimum Gasteiger partial charge on any atom is -0.493 e. The van der Waals surface area contributed by atoms with E-state index in [4.69, 9.17) is 9.47 Å². The van der Waals surface area contributed by atoms with Crippen LogP contribution in [0.4, 0.5) is 5.13 Å². The molecule has 1 N–H and O–H groups in total. The second-order valence-corrected chi connectivity index (χ2v) is 6.06. The van der Waals surface area contributed by atoms with Crippen LogP contribution in [0.15, 0.2) is 42.5 Å². The van der Waals surface area contributed by atoms with Crippen LogP contribution in [-0.2, 0) is 0 Å². The molecule has 1 heterocycles. The van der Waals surface area contributed by atoms with Gasteiger partial charge in [0.1, 0.15) is 0 Å². The molecule has 1 amide bonds. The van der Waals surface area contributed by atoms with E-state index in [0.29, 0.717) is 28.0 Å². The van der Waals surface area contributed by atoms with Gasteiger partial charge in [0.25, 0.3) is 5.91 Å². The molecule has 0 fully saturated rings. The Morgan fingerprint density at radius 1 is 1.04 bits per heavy atom. The summed E-state index contributed by atoms with van der Waals surface area (Å²) in [7, 11) is 3.15. The lowest BCUT2D eigenvalue weighted by Crippen LogP contribution is -2.11. The fourth-order valence-electron chi connectivity index (χ4n) is 2.24. The molecule has 0 saturated carbocycles. The molecule has 0 saturated heterocycles. The molecule has 0 aliphatic rings. The number of aryl methyl sites for hydroxylation is 1. The van der Waals surface area contributed by atoms with Crippen molar-refractivity contribution in [2.45, 2.75) is 6.92 Å². The van der Waals surface area contributed by atoms with Crippen molar-refractivity contribution in [3.05, 3.63) is 53.6 Å². The van der Waals surface area contributed by atoms with E-state index in [1.165, 1.54) is 0 Å². The lowest BCUT2D eigenvalue weighted by molar-refractivity contribution is 0.102. The minimum atomic E-state index is -0.213. The van der Waals surface area contributed by atoms with Gasteiger partial charge in [-0.15, -0.1) is 0 Å². The third-order valence-corrected chi connectivity index (χ3v) is 4.23. The summed E-state index contributed by atoms with van der Waals surface area (Å²) >= 11 is 1.13. The Morgan fingerprint density at radius 2 is 1.76 bits per heavy atom. The van der Waals surface area contributed by atoms with Gasteiger partial charge in [-0.2, -0.15) is 9.36 Å². The molecule has 6 nitrogen and oxygen atoms in total. The number of hydrogen-bond donors (Lipinski definition) is 1. The second kappa shape index (κ2) is 7.31. The van der Waals surface area contributed by atoms with E-state index in [2.05, 4.69) is 14.7 Å². The lowest BCUT2D eigenvalue weighted by atomic mass is 10.1. The Bertz CT molecular complexity index is 891. The van der Waals surface area contributed by atoms with E-state index < -0.39 is 0 Å². The van der Waals surface area contributed by atoms with Gasteiger partial charge in [0.15, 0.2) is 17.3 Å². The van der Waals surface area contributed by atoms with Crippen molar-refractivity contribution >= 4 is 22.6 Å². The third kappa shape index (κ3) is 3.77.